The molecule has 0 aliphatic heterocycles. The average Bonchev–Trinajstić information content (AvgIpc) is 2.54. The number of allylic oxidation sites excluding steroid dienone is 1. The van der Waals surface area contributed by atoms with E-state index in [1.54, 1.807) is 18.2 Å². The van der Waals surface area contributed by atoms with E-state index in [0.717, 1.165) is 10.8 Å². The van der Waals surface area contributed by atoms with Crippen molar-refractivity contribution in [1.29, 1.82) is 0 Å². The molecular formula is C17H17NO4. The highest BCUT2D eigenvalue weighted by Gasteiger charge is 2.15. The second-order valence-electron chi connectivity index (χ2n) is 4.51. The molecule has 0 spiro atoms. The Balaban J connectivity index is 2.17. The third kappa shape index (κ3) is 3.63. The normalized spacial score (nSPS) is 11.1. The van der Waals surface area contributed by atoms with Crippen molar-refractivity contribution >= 4 is 22.8 Å². The molecule has 0 bridgehead atoms. The Morgan fingerprint density at radius 1 is 1.14 bits per heavy atom. The number of benzene rings is 2. The third-order valence-corrected chi connectivity index (χ3v) is 3.00. The zero-order valence-electron chi connectivity index (χ0n) is 12.5. The van der Waals surface area contributed by atoms with E-state index in [2.05, 4.69) is 10.1 Å². The van der Waals surface area contributed by atoms with Gasteiger partial charge in [0.25, 0.3) is 0 Å². The van der Waals surface area contributed by atoms with E-state index in [4.69, 9.17) is 4.74 Å². The lowest BCUT2D eigenvalue weighted by Crippen LogP contribution is -2.30. The van der Waals surface area contributed by atoms with Gasteiger partial charge >= 0.3 is 12.1 Å². The Morgan fingerprint density at radius 3 is 2.59 bits per heavy atom. The molecule has 0 atom stereocenters. The molecule has 0 fully saturated rings. The van der Waals surface area contributed by atoms with Crippen molar-refractivity contribution in [3.05, 3.63) is 54.2 Å². The standard InChI is InChI=1S/C17H17NO4/c1-3-7-14(16(19)21-2)18-17(20)22-15-11-6-9-12-8-4-5-10-13(12)15/h4-11H,3H2,1-2H3,(H,18,20). The first kappa shape index (κ1) is 15.6. The van der Waals surface area contributed by atoms with E-state index >= 15 is 0 Å². The second-order valence-corrected chi connectivity index (χ2v) is 4.51. The van der Waals surface area contributed by atoms with Crippen LogP contribution < -0.4 is 10.1 Å². The van der Waals surface area contributed by atoms with Gasteiger partial charge in [0, 0.05) is 5.39 Å². The number of methoxy groups -OCH3 is 1. The Labute approximate surface area is 128 Å². The molecule has 5 nitrogen and oxygen atoms in total. The number of carbonyl (C=O) groups is 2. The number of nitrogens with one attached hydrogen (secondary N) is 1. The van der Waals surface area contributed by atoms with Crippen LogP contribution in [0.15, 0.2) is 54.2 Å². The van der Waals surface area contributed by atoms with Crippen LogP contribution in [-0.2, 0) is 9.53 Å². The summed E-state index contributed by atoms with van der Waals surface area (Å²) < 4.78 is 9.91. The number of esters is 1. The Bertz CT molecular complexity index is 716. The molecule has 1 amide bonds. The summed E-state index contributed by atoms with van der Waals surface area (Å²) in [5.74, 6) is -0.187. The van der Waals surface area contributed by atoms with Gasteiger partial charge in [-0.3, -0.25) is 5.32 Å². The van der Waals surface area contributed by atoms with Crippen LogP contribution in [0.1, 0.15) is 13.3 Å². The molecule has 0 aliphatic rings. The molecule has 2 aromatic rings. The fourth-order valence-corrected chi connectivity index (χ4v) is 2.02. The van der Waals surface area contributed by atoms with Crippen LogP contribution in [0.4, 0.5) is 4.79 Å². The Morgan fingerprint density at radius 2 is 1.86 bits per heavy atom. The number of rotatable bonds is 4. The summed E-state index contributed by atoms with van der Waals surface area (Å²) in [6.45, 7) is 1.85. The van der Waals surface area contributed by atoms with Crippen LogP contribution >= 0.6 is 0 Å². The van der Waals surface area contributed by atoms with Crippen LogP contribution in [0.2, 0.25) is 0 Å². The van der Waals surface area contributed by atoms with E-state index in [9.17, 15) is 9.59 Å². The van der Waals surface area contributed by atoms with E-state index < -0.39 is 12.1 Å². The van der Waals surface area contributed by atoms with E-state index in [0.29, 0.717) is 12.2 Å². The Hall–Kier alpha value is -2.82. The Kier molecular flexibility index (Phi) is 5.14. The number of ether oxygens (including phenoxy) is 2. The van der Waals surface area contributed by atoms with Crippen LogP contribution in [0.25, 0.3) is 10.8 Å². The van der Waals surface area contributed by atoms with Crippen molar-refractivity contribution in [3.8, 4) is 5.75 Å². The zero-order valence-corrected chi connectivity index (χ0v) is 12.5. The fraction of sp³-hybridized carbons (Fsp3) is 0.176. The first-order valence-electron chi connectivity index (χ1n) is 6.90. The number of amides is 1. The van der Waals surface area contributed by atoms with Crippen LogP contribution in [-0.4, -0.2) is 19.2 Å². The molecule has 0 heterocycles. The topological polar surface area (TPSA) is 64.6 Å². The highest BCUT2D eigenvalue weighted by molar-refractivity contribution is 5.94. The maximum atomic E-state index is 12.0. The monoisotopic (exact) mass is 299 g/mol. The molecule has 1 N–H and O–H groups in total. The molecule has 0 aliphatic carbocycles. The first-order chi connectivity index (χ1) is 10.7. The van der Waals surface area contributed by atoms with Gasteiger partial charge in [0.2, 0.25) is 0 Å². The lowest BCUT2D eigenvalue weighted by atomic mass is 10.1. The summed E-state index contributed by atoms with van der Waals surface area (Å²) in [6.07, 6.45) is 1.41. The zero-order chi connectivity index (χ0) is 15.9. The van der Waals surface area contributed by atoms with Gasteiger partial charge in [-0.1, -0.05) is 49.4 Å². The lowest BCUT2D eigenvalue weighted by Gasteiger charge is -2.10. The fourth-order valence-electron chi connectivity index (χ4n) is 2.02. The van der Waals surface area contributed by atoms with Gasteiger partial charge in [0.15, 0.2) is 0 Å². The smallest absolute Gasteiger partial charge is 0.417 e. The summed E-state index contributed by atoms with van der Waals surface area (Å²) in [5, 5.41) is 4.19. The van der Waals surface area contributed by atoms with Crippen molar-refractivity contribution in [1.82, 2.24) is 5.32 Å². The van der Waals surface area contributed by atoms with Crippen molar-refractivity contribution < 1.29 is 19.1 Å². The minimum Gasteiger partial charge on any atom is -0.464 e. The number of hydrogen-bond donors (Lipinski definition) is 1. The van der Waals surface area contributed by atoms with E-state index in [1.165, 1.54) is 7.11 Å². The van der Waals surface area contributed by atoms with Crippen molar-refractivity contribution in [2.45, 2.75) is 13.3 Å². The largest absolute Gasteiger partial charge is 0.464 e. The van der Waals surface area contributed by atoms with Gasteiger partial charge in [-0.25, -0.2) is 9.59 Å². The molecular weight excluding hydrogens is 282 g/mol. The van der Waals surface area contributed by atoms with Crippen molar-refractivity contribution in [3.63, 3.8) is 0 Å². The lowest BCUT2D eigenvalue weighted by molar-refractivity contribution is -0.136. The molecule has 0 saturated heterocycles. The summed E-state index contributed by atoms with van der Waals surface area (Å²) in [5.41, 5.74) is 0.0650. The number of fused-ring (bicyclic) bond motifs is 1. The molecule has 114 valence electrons. The average molecular weight is 299 g/mol. The number of hydrogen-bond acceptors (Lipinski definition) is 4. The number of carbonyl (C=O) groups excluding carboxylic acids is 2. The van der Waals surface area contributed by atoms with E-state index in [-0.39, 0.29) is 5.70 Å². The predicted octanol–water partition coefficient (Wildman–Crippen LogP) is 3.40. The molecule has 0 saturated carbocycles. The highest BCUT2D eigenvalue weighted by Crippen LogP contribution is 2.25. The molecule has 0 unspecified atom stereocenters. The minimum absolute atomic E-state index is 0.0650. The maximum Gasteiger partial charge on any atom is 0.417 e. The van der Waals surface area contributed by atoms with Gasteiger partial charge in [-0.15, -0.1) is 0 Å². The molecule has 0 radical (unpaired) electrons. The van der Waals surface area contributed by atoms with Crippen molar-refractivity contribution in [2.24, 2.45) is 0 Å². The van der Waals surface area contributed by atoms with Crippen LogP contribution in [0, 0.1) is 0 Å². The molecule has 2 rings (SSSR count). The molecule has 0 aromatic heterocycles. The third-order valence-electron chi connectivity index (χ3n) is 3.00. The minimum atomic E-state index is -0.735. The predicted molar refractivity (Wildman–Crippen MR) is 83.5 cm³/mol. The summed E-state index contributed by atoms with van der Waals surface area (Å²) in [4.78, 5) is 23.5. The van der Waals surface area contributed by atoms with Gasteiger partial charge in [-0.05, 0) is 17.9 Å². The molecule has 22 heavy (non-hydrogen) atoms. The first-order valence-corrected chi connectivity index (χ1v) is 6.90. The van der Waals surface area contributed by atoms with Crippen LogP contribution in [0.3, 0.4) is 0 Å². The SMILES string of the molecule is CCC=C(NC(=O)Oc1cccc2ccccc12)C(=O)OC. The van der Waals surface area contributed by atoms with Gasteiger partial charge < -0.3 is 9.47 Å². The molecule has 2 aromatic carbocycles. The summed E-state index contributed by atoms with van der Waals surface area (Å²) in [7, 11) is 1.25. The van der Waals surface area contributed by atoms with Gasteiger partial charge in [0.05, 0.1) is 7.11 Å². The van der Waals surface area contributed by atoms with E-state index in [1.807, 2.05) is 37.3 Å². The van der Waals surface area contributed by atoms with Crippen LogP contribution in [0.5, 0.6) is 5.75 Å². The van der Waals surface area contributed by atoms with Gasteiger partial charge in [-0.2, -0.15) is 0 Å². The second kappa shape index (κ2) is 7.26. The summed E-state index contributed by atoms with van der Waals surface area (Å²) in [6, 6.07) is 13.0. The maximum absolute atomic E-state index is 12.0. The quantitative estimate of drug-likeness (QED) is 0.694. The molecule has 5 heteroatoms. The summed E-state index contributed by atoms with van der Waals surface area (Å²) >= 11 is 0. The highest BCUT2D eigenvalue weighted by atomic mass is 16.6. The van der Waals surface area contributed by atoms with Crippen molar-refractivity contribution in [2.75, 3.05) is 7.11 Å². The van der Waals surface area contributed by atoms with Gasteiger partial charge in [0.1, 0.15) is 11.4 Å².